The van der Waals surface area contributed by atoms with E-state index in [0.717, 1.165) is 45.5 Å². The summed E-state index contributed by atoms with van der Waals surface area (Å²) in [5, 5.41) is 3.88. The summed E-state index contributed by atoms with van der Waals surface area (Å²) in [6.45, 7) is 5.88. The Kier molecular flexibility index (Phi) is 6.17. The zero-order chi connectivity index (χ0) is 21.0. The maximum absolute atomic E-state index is 12.5. The average Bonchev–Trinajstić information content (AvgIpc) is 3.06. The standard InChI is InChI=1S/C24H26N2O3/c1-5-20-19(18-11-6-7-12-21(18)29-20)13-14-23(28)26(4)15-22(27)25-24-16(2)9-8-10-17(24)3/h6-14H,5,15H2,1-4H3,(H,25,27)/b14-13+. The van der Waals surface area contributed by atoms with E-state index in [4.69, 9.17) is 4.42 Å². The molecule has 5 heteroatoms. The zero-order valence-corrected chi connectivity index (χ0v) is 17.3. The van der Waals surface area contributed by atoms with Gasteiger partial charge in [-0.15, -0.1) is 0 Å². The van der Waals surface area contributed by atoms with Crippen LogP contribution in [0.1, 0.15) is 29.4 Å². The minimum absolute atomic E-state index is 0.0241. The molecule has 0 aliphatic rings. The Bertz CT molecular complexity index is 1060. The van der Waals surface area contributed by atoms with Crippen molar-refractivity contribution >= 4 is 34.5 Å². The number of fused-ring (bicyclic) bond motifs is 1. The van der Waals surface area contributed by atoms with Crippen LogP contribution in [0.4, 0.5) is 5.69 Å². The third kappa shape index (κ3) is 4.57. The van der Waals surface area contributed by atoms with E-state index in [1.165, 1.54) is 11.0 Å². The Balaban J connectivity index is 1.69. The van der Waals surface area contributed by atoms with Crippen LogP contribution in [-0.4, -0.2) is 30.3 Å². The summed E-state index contributed by atoms with van der Waals surface area (Å²) in [5.41, 5.74) is 4.49. The van der Waals surface area contributed by atoms with Gasteiger partial charge in [0.2, 0.25) is 11.8 Å². The fourth-order valence-electron chi connectivity index (χ4n) is 3.33. The van der Waals surface area contributed by atoms with Crippen molar-refractivity contribution in [3.8, 4) is 0 Å². The predicted octanol–water partition coefficient (Wildman–Crippen LogP) is 4.72. The number of para-hydroxylation sites is 2. The van der Waals surface area contributed by atoms with E-state index in [0.29, 0.717) is 0 Å². The molecule has 3 rings (SSSR count). The Morgan fingerprint density at radius 1 is 1.07 bits per heavy atom. The number of benzene rings is 2. The van der Waals surface area contributed by atoms with Crippen LogP contribution in [0, 0.1) is 13.8 Å². The number of amides is 2. The van der Waals surface area contributed by atoms with Gasteiger partial charge in [-0.3, -0.25) is 9.59 Å². The van der Waals surface area contributed by atoms with Crippen molar-refractivity contribution in [2.24, 2.45) is 0 Å². The van der Waals surface area contributed by atoms with E-state index in [-0.39, 0.29) is 18.4 Å². The van der Waals surface area contributed by atoms with Crippen LogP contribution in [-0.2, 0) is 16.0 Å². The van der Waals surface area contributed by atoms with Crippen molar-refractivity contribution in [3.63, 3.8) is 0 Å². The predicted molar refractivity (Wildman–Crippen MR) is 117 cm³/mol. The normalized spacial score (nSPS) is 11.2. The van der Waals surface area contributed by atoms with Gasteiger partial charge in [0.25, 0.3) is 0 Å². The summed E-state index contributed by atoms with van der Waals surface area (Å²) in [6, 6.07) is 13.6. The lowest BCUT2D eigenvalue weighted by molar-refractivity contribution is -0.129. The number of aryl methyl sites for hydroxylation is 3. The monoisotopic (exact) mass is 390 g/mol. The van der Waals surface area contributed by atoms with Crippen LogP contribution >= 0.6 is 0 Å². The summed E-state index contributed by atoms with van der Waals surface area (Å²) >= 11 is 0. The van der Waals surface area contributed by atoms with E-state index in [9.17, 15) is 9.59 Å². The maximum atomic E-state index is 12.5. The molecule has 0 saturated carbocycles. The molecule has 2 amide bonds. The Labute approximate surface area is 171 Å². The molecule has 1 N–H and O–H groups in total. The first-order valence-electron chi connectivity index (χ1n) is 9.70. The van der Waals surface area contributed by atoms with E-state index in [2.05, 4.69) is 5.32 Å². The highest BCUT2D eigenvalue weighted by molar-refractivity contribution is 6.00. The number of carbonyl (C=O) groups is 2. The summed E-state index contributed by atoms with van der Waals surface area (Å²) in [4.78, 5) is 26.3. The van der Waals surface area contributed by atoms with E-state index < -0.39 is 0 Å². The molecule has 150 valence electrons. The number of rotatable bonds is 6. The molecule has 0 aliphatic heterocycles. The minimum Gasteiger partial charge on any atom is -0.460 e. The van der Waals surface area contributed by atoms with Crippen molar-refractivity contribution in [2.45, 2.75) is 27.2 Å². The topological polar surface area (TPSA) is 62.6 Å². The third-order valence-electron chi connectivity index (χ3n) is 4.93. The van der Waals surface area contributed by atoms with Crippen LogP contribution < -0.4 is 5.32 Å². The largest absolute Gasteiger partial charge is 0.460 e. The van der Waals surface area contributed by atoms with Crippen LogP contribution in [0.15, 0.2) is 53.0 Å². The van der Waals surface area contributed by atoms with Crippen molar-refractivity contribution in [3.05, 3.63) is 71.0 Å². The molecular formula is C24H26N2O3. The molecule has 29 heavy (non-hydrogen) atoms. The fourth-order valence-corrected chi connectivity index (χ4v) is 3.33. The van der Waals surface area contributed by atoms with Crippen molar-refractivity contribution in [1.82, 2.24) is 4.90 Å². The highest BCUT2D eigenvalue weighted by Crippen LogP contribution is 2.27. The maximum Gasteiger partial charge on any atom is 0.246 e. The number of likely N-dealkylation sites (N-methyl/N-ethyl adjacent to an activating group) is 1. The second-order valence-corrected chi connectivity index (χ2v) is 7.13. The van der Waals surface area contributed by atoms with Gasteiger partial charge in [0, 0.05) is 36.2 Å². The number of furan rings is 1. The van der Waals surface area contributed by atoms with Crippen molar-refractivity contribution in [1.29, 1.82) is 0 Å². The summed E-state index contributed by atoms with van der Waals surface area (Å²) in [7, 11) is 1.62. The molecular weight excluding hydrogens is 364 g/mol. The first-order valence-corrected chi connectivity index (χ1v) is 9.70. The van der Waals surface area contributed by atoms with Crippen molar-refractivity contribution in [2.75, 3.05) is 18.9 Å². The number of anilines is 1. The lowest BCUT2D eigenvalue weighted by Crippen LogP contribution is -2.34. The zero-order valence-electron chi connectivity index (χ0n) is 17.3. The van der Waals surface area contributed by atoms with Crippen molar-refractivity contribution < 1.29 is 14.0 Å². The molecule has 0 atom stereocenters. The molecule has 0 fully saturated rings. The number of nitrogens with zero attached hydrogens (tertiary/aromatic N) is 1. The van der Waals surface area contributed by atoms with Gasteiger partial charge in [0.15, 0.2) is 0 Å². The first kappa shape index (κ1) is 20.4. The number of hydrogen-bond donors (Lipinski definition) is 1. The van der Waals surface area contributed by atoms with E-state index >= 15 is 0 Å². The van der Waals surface area contributed by atoms with Crippen LogP contribution in [0.2, 0.25) is 0 Å². The van der Waals surface area contributed by atoms with Gasteiger partial charge in [-0.1, -0.05) is 43.3 Å². The van der Waals surface area contributed by atoms with Gasteiger partial charge in [0.05, 0.1) is 6.54 Å². The lowest BCUT2D eigenvalue weighted by Gasteiger charge is -2.16. The molecule has 0 unspecified atom stereocenters. The second kappa shape index (κ2) is 8.78. The van der Waals surface area contributed by atoms with Crippen LogP contribution in [0.25, 0.3) is 17.0 Å². The molecule has 0 spiro atoms. The molecule has 2 aromatic carbocycles. The molecule has 0 saturated heterocycles. The Morgan fingerprint density at radius 3 is 2.45 bits per heavy atom. The Hall–Kier alpha value is -3.34. The smallest absolute Gasteiger partial charge is 0.246 e. The van der Waals surface area contributed by atoms with E-state index in [1.807, 2.05) is 63.2 Å². The fraction of sp³-hybridized carbons (Fsp3) is 0.250. The SMILES string of the molecule is CCc1oc2ccccc2c1/C=C/C(=O)N(C)CC(=O)Nc1c(C)cccc1C. The molecule has 5 nitrogen and oxygen atoms in total. The van der Waals surface area contributed by atoms with Gasteiger partial charge in [-0.25, -0.2) is 0 Å². The van der Waals surface area contributed by atoms with Gasteiger partial charge >= 0.3 is 0 Å². The highest BCUT2D eigenvalue weighted by Gasteiger charge is 2.14. The minimum atomic E-state index is -0.242. The summed E-state index contributed by atoms with van der Waals surface area (Å²) < 4.78 is 5.85. The molecule has 1 heterocycles. The molecule has 3 aromatic rings. The third-order valence-corrected chi connectivity index (χ3v) is 4.93. The Morgan fingerprint density at radius 2 is 1.76 bits per heavy atom. The van der Waals surface area contributed by atoms with Crippen LogP contribution in [0.3, 0.4) is 0 Å². The summed E-state index contributed by atoms with van der Waals surface area (Å²) in [5.74, 6) is 0.370. The van der Waals surface area contributed by atoms with Gasteiger partial charge < -0.3 is 14.6 Å². The molecule has 1 aromatic heterocycles. The number of nitrogens with one attached hydrogen (secondary N) is 1. The van der Waals surface area contributed by atoms with Gasteiger partial charge in [-0.2, -0.15) is 0 Å². The van der Waals surface area contributed by atoms with Gasteiger partial charge in [-0.05, 0) is 37.1 Å². The number of hydrogen-bond acceptors (Lipinski definition) is 3. The highest BCUT2D eigenvalue weighted by atomic mass is 16.3. The second-order valence-electron chi connectivity index (χ2n) is 7.13. The molecule has 0 aliphatic carbocycles. The molecule has 0 bridgehead atoms. The molecule has 0 radical (unpaired) electrons. The lowest BCUT2D eigenvalue weighted by atomic mass is 10.1. The number of carbonyl (C=O) groups excluding carboxylic acids is 2. The van der Waals surface area contributed by atoms with E-state index in [1.54, 1.807) is 13.1 Å². The summed E-state index contributed by atoms with van der Waals surface area (Å²) in [6.07, 6.45) is 3.99. The van der Waals surface area contributed by atoms with Gasteiger partial charge in [0.1, 0.15) is 11.3 Å². The quantitative estimate of drug-likeness (QED) is 0.619. The first-order chi connectivity index (χ1) is 13.9. The average molecular weight is 390 g/mol. The van der Waals surface area contributed by atoms with Crippen LogP contribution in [0.5, 0.6) is 0 Å².